The molecule has 2 aromatic rings. The predicted octanol–water partition coefficient (Wildman–Crippen LogP) is 0.320. The molecule has 6 heteroatoms. The van der Waals surface area contributed by atoms with Crippen molar-refractivity contribution >= 4 is 10.9 Å². The van der Waals surface area contributed by atoms with Crippen LogP contribution in [-0.4, -0.2) is 27.7 Å². The fourth-order valence-corrected chi connectivity index (χ4v) is 2.64. The van der Waals surface area contributed by atoms with E-state index >= 15 is 0 Å². The zero-order valence-electron chi connectivity index (χ0n) is 10.3. The van der Waals surface area contributed by atoms with Crippen molar-refractivity contribution in [1.29, 1.82) is 0 Å². The summed E-state index contributed by atoms with van der Waals surface area (Å²) in [5.74, 6) is -0.0795. The van der Waals surface area contributed by atoms with E-state index in [2.05, 4.69) is 10.3 Å². The van der Waals surface area contributed by atoms with Gasteiger partial charge in [0.1, 0.15) is 5.75 Å². The number of aromatic hydroxyl groups is 1. The van der Waals surface area contributed by atoms with Crippen LogP contribution in [0.2, 0.25) is 0 Å². The summed E-state index contributed by atoms with van der Waals surface area (Å²) in [4.78, 5) is 27.1. The minimum atomic E-state index is -0.453. The predicted molar refractivity (Wildman–Crippen MR) is 71.6 cm³/mol. The molecule has 0 saturated carbocycles. The number of nitrogens with one attached hydrogen (secondary N) is 2. The molecule has 1 aliphatic rings. The lowest BCUT2D eigenvalue weighted by molar-refractivity contribution is 0.352. The van der Waals surface area contributed by atoms with Gasteiger partial charge in [-0.3, -0.25) is 9.36 Å². The van der Waals surface area contributed by atoms with E-state index in [-0.39, 0.29) is 22.9 Å². The number of phenols is 1. The first-order chi connectivity index (χ1) is 9.18. The van der Waals surface area contributed by atoms with Crippen LogP contribution in [0.4, 0.5) is 0 Å². The fourth-order valence-electron chi connectivity index (χ4n) is 2.64. The number of H-pyrrole nitrogens is 1. The van der Waals surface area contributed by atoms with E-state index in [1.54, 1.807) is 12.1 Å². The largest absolute Gasteiger partial charge is 0.506 e. The third-order valence-corrected chi connectivity index (χ3v) is 3.62. The Morgan fingerprint density at radius 3 is 2.68 bits per heavy atom. The lowest BCUT2D eigenvalue weighted by Gasteiger charge is -2.24. The number of phenolic OH excluding ortho intramolecular Hbond substituents is 1. The number of aromatic amines is 1. The molecule has 3 rings (SSSR count). The van der Waals surface area contributed by atoms with E-state index < -0.39 is 5.69 Å². The Bertz CT molecular complexity index is 726. The zero-order chi connectivity index (χ0) is 13.4. The van der Waals surface area contributed by atoms with Crippen molar-refractivity contribution < 1.29 is 5.11 Å². The monoisotopic (exact) mass is 261 g/mol. The number of piperidine rings is 1. The maximum Gasteiger partial charge on any atom is 0.329 e. The van der Waals surface area contributed by atoms with Crippen molar-refractivity contribution in [2.24, 2.45) is 0 Å². The lowest BCUT2D eigenvalue weighted by atomic mass is 10.1. The average Bonchev–Trinajstić information content (AvgIpc) is 2.41. The molecule has 0 atom stereocenters. The summed E-state index contributed by atoms with van der Waals surface area (Å²) < 4.78 is 1.28. The second-order valence-corrected chi connectivity index (χ2v) is 4.79. The number of para-hydroxylation sites is 1. The molecule has 0 aliphatic carbocycles. The normalized spacial score (nSPS) is 16.8. The number of rotatable bonds is 1. The Kier molecular flexibility index (Phi) is 2.87. The molecule has 1 aromatic carbocycles. The Labute approximate surface area is 108 Å². The summed E-state index contributed by atoms with van der Waals surface area (Å²) in [5.41, 5.74) is -0.574. The number of aromatic nitrogens is 2. The molecule has 0 bridgehead atoms. The van der Waals surface area contributed by atoms with Crippen LogP contribution < -0.4 is 16.6 Å². The molecule has 1 aliphatic heterocycles. The van der Waals surface area contributed by atoms with Gasteiger partial charge in [0.2, 0.25) is 0 Å². The summed E-state index contributed by atoms with van der Waals surface area (Å²) >= 11 is 0. The second-order valence-electron chi connectivity index (χ2n) is 4.79. The fraction of sp³-hybridized carbons (Fsp3) is 0.385. The average molecular weight is 261 g/mol. The van der Waals surface area contributed by atoms with Gasteiger partial charge in [0.15, 0.2) is 0 Å². The van der Waals surface area contributed by atoms with Gasteiger partial charge in [-0.2, -0.15) is 0 Å². The first kappa shape index (κ1) is 12.0. The van der Waals surface area contributed by atoms with Crippen molar-refractivity contribution in [2.75, 3.05) is 13.1 Å². The molecule has 1 fully saturated rings. The highest BCUT2D eigenvalue weighted by Gasteiger charge is 2.20. The van der Waals surface area contributed by atoms with Crippen molar-refractivity contribution in [3.8, 4) is 5.75 Å². The van der Waals surface area contributed by atoms with Gasteiger partial charge in [-0.25, -0.2) is 4.79 Å². The number of benzene rings is 1. The summed E-state index contributed by atoms with van der Waals surface area (Å²) in [6, 6.07) is 4.59. The molecular weight excluding hydrogens is 246 g/mol. The molecule has 0 amide bonds. The van der Waals surface area contributed by atoms with E-state index in [4.69, 9.17) is 0 Å². The van der Waals surface area contributed by atoms with Gasteiger partial charge in [-0.05, 0) is 38.1 Å². The summed E-state index contributed by atoms with van der Waals surface area (Å²) in [7, 11) is 0. The third-order valence-electron chi connectivity index (χ3n) is 3.62. The van der Waals surface area contributed by atoms with E-state index in [0.717, 1.165) is 25.9 Å². The van der Waals surface area contributed by atoms with E-state index in [1.807, 2.05) is 0 Å². The highest BCUT2D eigenvalue weighted by atomic mass is 16.3. The molecule has 100 valence electrons. The van der Waals surface area contributed by atoms with Crippen molar-refractivity contribution in [2.45, 2.75) is 18.9 Å². The van der Waals surface area contributed by atoms with Crippen molar-refractivity contribution in [3.63, 3.8) is 0 Å². The number of fused-ring (bicyclic) bond motifs is 1. The first-order valence-corrected chi connectivity index (χ1v) is 6.35. The topological polar surface area (TPSA) is 87.1 Å². The molecule has 0 unspecified atom stereocenters. The summed E-state index contributed by atoms with van der Waals surface area (Å²) in [5, 5.41) is 13.2. The van der Waals surface area contributed by atoms with E-state index in [0.29, 0.717) is 5.39 Å². The van der Waals surface area contributed by atoms with E-state index in [1.165, 1.54) is 10.6 Å². The SMILES string of the molecule is O=c1[nH]c2c(O)cccc2c(=O)n1C1CCNCC1. The second kappa shape index (κ2) is 4.55. The van der Waals surface area contributed by atoms with Gasteiger partial charge in [-0.1, -0.05) is 6.07 Å². The number of hydrogen-bond donors (Lipinski definition) is 3. The highest BCUT2D eigenvalue weighted by molar-refractivity contribution is 5.82. The molecule has 0 spiro atoms. The molecule has 0 radical (unpaired) electrons. The van der Waals surface area contributed by atoms with Gasteiger partial charge in [0.25, 0.3) is 5.56 Å². The van der Waals surface area contributed by atoms with Crippen LogP contribution in [-0.2, 0) is 0 Å². The maximum atomic E-state index is 12.4. The van der Waals surface area contributed by atoms with Crippen LogP contribution in [0.3, 0.4) is 0 Å². The highest BCUT2D eigenvalue weighted by Crippen LogP contribution is 2.20. The molecule has 3 N–H and O–H groups in total. The summed E-state index contributed by atoms with van der Waals surface area (Å²) in [6.07, 6.45) is 1.51. The molecule has 2 heterocycles. The van der Waals surface area contributed by atoms with Crippen LogP contribution in [0.25, 0.3) is 10.9 Å². The van der Waals surface area contributed by atoms with Crippen LogP contribution in [0, 0.1) is 0 Å². The maximum absolute atomic E-state index is 12.4. The van der Waals surface area contributed by atoms with E-state index in [9.17, 15) is 14.7 Å². The minimum Gasteiger partial charge on any atom is -0.506 e. The third kappa shape index (κ3) is 1.94. The van der Waals surface area contributed by atoms with Crippen LogP contribution in [0.15, 0.2) is 27.8 Å². The smallest absolute Gasteiger partial charge is 0.329 e. The lowest BCUT2D eigenvalue weighted by Crippen LogP contribution is -2.42. The zero-order valence-corrected chi connectivity index (χ0v) is 10.3. The quantitative estimate of drug-likeness (QED) is 0.690. The molecular formula is C13H15N3O3. The van der Waals surface area contributed by atoms with Crippen LogP contribution >= 0.6 is 0 Å². The number of nitrogens with zero attached hydrogens (tertiary/aromatic N) is 1. The van der Waals surface area contributed by atoms with Crippen LogP contribution in [0.1, 0.15) is 18.9 Å². The van der Waals surface area contributed by atoms with Gasteiger partial charge in [0, 0.05) is 6.04 Å². The Morgan fingerprint density at radius 2 is 1.95 bits per heavy atom. The summed E-state index contributed by atoms with van der Waals surface area (Å²) in [6.45, 7) is 1.60. The van der Waals surface area contributed by atoms with Crippen molar-refractivity contribution in [3.05, 3.63) is 39.0 Å². The van der Waals surface area contributed by atoms with Gasteiger partial charge in [-0.15, -0.1) is 0 Å². The Balaban J connectivity index is 2.26. The molecule has 19 heavy (non-hydrogen) atoms. The minimum absolute atomic E-state index is 0.0794. The van der Waals surface area contributed by atoms with Gasteiger partial charge < -0.3 is 15.4 Å². The molecule has 1 saturated heterocycles. The van der Waals surface area contributed by atoms with Crippen molar-refractivity contribution in [1.82, 2.24) is 14.9 Å². The first-order valence-electron chi connectivity index (χ1n) is 6.35. The standard InChI is InChI=1S/C13H15N3O3/c17-10-3-1-2-9-11(10)15-13(19)16(12(9)18)8-4-6-14-7-5-8/h1-3,8,14,17H,4-7H2,(H,15,19). The van der Waals surface area contributed by atoms with Crippen LogP contribution in [0.5, 0.6) is 5.75 Å². The Hall–Kier alpha value is -2.08. The number of hydrogen-bond acceptors (Lipinski definition) is 4. The van der Waals surface area contributed by atoms with Gasteiger partial charge >= 0.3 is 5.69 Å². The Morgan fingerprint density at radius 1 is 1.21 bits per heavy atom. The van der Waals surface area contributed by atoms with Gasteiger partial charge in [0.05, 0.1) is 10.9 Å². The molecule has 1 aromatic heterocycles. The molecule has 6 nitrogen and oxygen atoms in total.